The fraction of sp³-hybridized carbons (Fsp3) is 0.300. The van der Waals surface area contributed by atoms with Gasteiger partial charge in [0.2, 0.25) is 0 Å². The predicted molar refractivity (Wildman–Crippen MR) is 53.7 cm³/mol. The second-order valence-electron chi connectivity index (χ2n) is 3.42. The number of nitrogens with zero attached hydrogens (tertiary/aromatic N) is 3. The summed E-state index contributed by atoms with van der Waals surface area (Å²) in [4.78, 5) is 18.8. The summed E-state index contributed by atoms with van der Waals surface area (Å²) in [6.07, 6.45) is 4.05. The highest BCUT2D eigenvalue weighted by Crippen LogP contribution is 2.07. The van der Waals surface area contributed by atoms with Crippen LogP contribution in [0.4, 0.5) is 0 Å². The first kappa shape index (κ1) is 9.64. The highest BCUT2D eigenvalue weighted by atomic mass is 16.4. The minimum atomic E-state index is -0.804. The molecule has 0 aliphatic rings. The Morgan fingerprint density at radius 2 is 2.40 bits per heavy atom. The average Bonchev–Trinajstić information content (AvgIpc) is 2.56. The fourth-order valence-corrected chi connectivity index (χ4v) is 1.39. The molecule has 0 spiro atoms. The molecule has 0 bridgehead atoms. The van der Waals surface area contributed by atoms with Gasteiger partial charge >= 0.3 is 5.97 Å². The van der Waals surface area contributed by atoms with Crippen LogP contribution in [-0.2, 0) is 11.2 Å². The molecule has 15 heavy (non-hydrogen) atoms. The Morgan fingerprint density at radius 1 is 1.60 bits per heavy atom. The molecule has 1 N–H and O–H groups in total. The van der Waals surface area contributed by atoms with E-state index in [-0.39, 0.29) is 6.42 Å². The van der Waals surface area contributed by atoms with E-state index in [0.29, 0.717) is 6.42 Å². The van der Waals surface area contributed by atoms with Crippen molar-refractivity contribution in [2.75, 3.05) is 0 Å². The van der Waals surface area contributed by atoms with Gasteiger partial charge in [-0.05, 0) is 6.92 Å². The van der Waals surface area contributed by atoms with Crippen LogP contribution < -0.4 is 0 Å². The van der Waals surface area contributed by atoms with E-state index in [0.717, 1.165) is 17.0 Å². The van der Waals surface area contributed by atoms with Gasteiger partial charge in [-0.15, -0.1) is 0 Å². The van der Waals surface area contributed by atoms with Crippen molar-refractivity contribution in [2.24, 2.45) is 0 Å². The largest absolute Gasteiger partial charge is 0.481 e. The van der Waals surface area contributed by atoms with Gasteiger partial charge in [-0.3, -0.25) is 9.20 Å². The quantitative estimate of drug-likeness (QED) is 0.813. The Balaban J connectivity index is 2.27. The molecule has 2 heterocycles. The number of fused-ring (bicyclic) bond motifs is 1. The zero-order valence-electron chi connectivity index (χ0n) is 8.34. The van der Waals surface area contributed by atoms with Gasteiger partial charge in [0.15, 0.2) is 0 Å². The Bertz CT molecular complexity index is 504. The lowest BCUT2D eigenvalue weighted by molar-refractivity contribution is -0.136. The van der Waals surface area contributed by atoms with E-state index in [1.54, 1.807) is 10.7 Å². The first-order chi connectivity index (χ1) is 7.15. The van der Waals surface area contributed by atoms with E-state index >= 15 is 0 Å². The number of aliphatic carboxylic acids is 1. The molecule has 0 saturated heterocycles. The molecule has 0 saturated carbocycles. The van der Waals surface area contributed by atoms with Crippen LogP contribution in [0.25, 0.3) is 5.65 Å². The molecule has 0 unspecified atom stereocenters. The summed E-state index contributed by atoms with van der Waals surface area (Å²) in [5.41, 5.74) is 2.49. The number of carbonyl (C=O) groups is 1. The minimum Gasteiger partial charge on any atom is -0.481 e. The standard InChI is InChI=1S/C10H11N3O2/c1-7-4-9-12-8(2-3-10(14)15)5-13(9)6-11-7/h4-6H,2-3H2,1H3,(H,14,15). The van der Waals surface area contributed by atoms with E-state index in [2.05, 4.69) is 9.97 Å². The van der Waals surface area contributed by atoms with Gasteiger partial charge in [-0.1, -0.05) is 0 Å². The summed E-state index contributed by atoms with van der Waals surface area (Å²) in [5, 5.41) is 8.55. The summed E-state index contributed by atoms with van der Waals surface area (Å²) in [7, 11) is 0. The molecule has 78 valence electrons. The van der Waals surface area contributed by atoms with E-state index in [1.165, 1.54) is 0 Å². The summed E-state index contributed by atoms with van der Waals surface area (Å²) in [5.74, 6) is -0.804. The van der Waals surface area contributed by atoms with Crippen molar-refractivity contribution in [1.29, 1.82) is 0 Å². The van der Waals surface area contributed by atoms with Gasteiger partial charge < -0.3 is 5.11 Å². The van der Waals surface area contributed by atoms with Crippen LogP contribution in [-0.4, -0.2) is 25.4 Å². The highest BCUT2D eigenvalue weighted by molar-refractivity contribution is 5.67. The molecule has 0 atom stereocenters. The van der Waals surface area contributed by atoms with Crippen LogP contribution in [0.1, 0.15) is 17.8 Å². The second kappa shape index (κ2) is 3.68. The van der Waals surface area contributed by atoms with E-state index in [9.17, 15) is 4.79 Å². The van der Waals surface area contributed by atoms with Gasteiger partial charge in [0.25, 0.3) is 0 Å². The maximum Gasteiger partial charge on any atom is 0.303 e. The zero-order chi connectivity index (χ0) is 10.8. The van der Waals surface area contributed by atoms with Crippen molar-refractivity contribution in [3.8, 4) is 0 Å². The fourth-order valence-electron chi connectivity index (χ4n) is 1.39. The van der Waals surface area contributed by atoms with Crippen LogP contribution in [0.5, 0.6) is 0 Å². The second-order valence-corrected chi connectivity index (χ2v) is 3.42. The molecular weight excluding hydrogens is 194 g/mol. The highest BCUT2D eigenvalue weighted by Gasteiger charge is 2.04. The topological polar surface area (TPSA) is 67.5 Å². The summed E-state index contributed by atoms with van der Waals surface area (Å²) < 4.78 is 1.80. The molecule has 2 aromatic heterocycles. The van der Waals surface area contributed by atoms with Crippen LogP contribution in [0.2, 0.25) is 0 Å². The zero-order valence-corrected chi connectivity index (χ0v) is 8.34. The lowest BCUT2D eigenvalue weighted by atomic mass is 10.2. The van der Waals surface area contributed by atoms with Crippen molar-refractivity contribution in [2.45, 2.75) is 19.8 Å². The number of carboxylic acid groups (broad SMARTS) is 1. The van der Waals surface area contributed by atoms with Crippen LogP contribution in [0.3, 0.4) is 0 Å². The molecular formula is C10H11N3O2. The third kappa shape index (κ3) is 2.12. The number of rotatable bonds is 3. The van der Waals surface area contributed by atoms with Crippen molar-refractivity contribution in [3.05, 3.63) is 30.0 Å². The lowest BCUT2D eigenvalue weighted by Crippen LogP contribution is -1.97. The number of hydrogen-bond acceptors (Lipinski definition) is 3. The normalized spacial score (nSPS) is 10.7. The van der Waals surface area contributed by atoms with E-state index in [1.807, 2.05) is 19.2 Å². The molecule has 2 aromatic rings. The first-order valence-corrected chi connectivity index (χ1v) is 4.67. The number of hydrogen-bond donors (Lipinski definition) is 1. The number of aromatic nitrogens is 3. The maximum absolute atomic E-state index is 10.4. The third-order valence-electron chi connectivity index (χ3n) is 2.13. The van der Waals surface area contributed by atoms with Crippen LogP contribution >= 0.6 is 0 Å². The molecule has 2 rings (SSSR count). The van der Waals surface area contributed by atoms with Gasteiger partial charge in [-0.2, -0.15) is 0 Å². The van der Waals surface area contributed by atoms with Gasteiger partial charge in [-0.25, -0.2) is 9.97 Å². The molecule has 0 aliphatic heterocycles. The maximum atomic E-state index is 10.4. The average molecular weight is 205 g/mol. The Hall–Kier alpha value is -1.91. The Kier molecular flexibility index (Phi) is 2.37. The summed E-state index contributed by atoms with van der Waals surface area (Å²) >= 11 is 0. The van der Waals surface area contributed by atoms with Gasteiger partial charge in [0.1, 0.15) is 12.0 Å². The van der Waals surface area contributed by atoms with Gasteiger partial charge in [0, 0.05) is 24.4 Å². The minimum absolute atomic E-state index is 0.107. The van der Waals surface area contributed by atoms with E-state index in [4.69, 9.17) is 5.11 Å². The van der Waals surface area contributed by atoms with E-state index < -0.39 is 5.97 Å². The molecule has 5 heteroatoms. The first-order valence-electron chi connectivity index (χ1n) is 4.67. The van der Waals surface area contributed by atoms with Crippen molar-refractivity contribution in [3.63, 3.8) is 0 Å². The molecule has 5 nitrogen and oxygen atoms in total. The molecule has 0 fully saturated rings. The summed E-state index contributed by atoms with van der Waals surface area (Å²) in [6.45, 7) is 1.89. The monoisotopic (exact) mass is 205 g/mol. The SMILES string of the molecule is Cc1cc2nc(CCC(=O)O)cn2cn1. The molecule has 0 aromatic carbocycles. The van der Waals surface area contributed by atoms with Crippen molar-refractivity contribution in [1.82, 2.24) is 14.4 Å². The van der Waals surface area contributed by atoms with Crippen molar-refractivity contribution >= 4 is 11.6 Å². The number of carboxylic acids is 1. The van der Waals surface area contributed by atoms with Gasteiger partial charge in [0.05, 0.1) is 12.1 Å². The summed E-state index contributed by atoms with van der Waals surface area (Å²) in [6, 6.07) is 1.87. The number of imidazole rings is 1. The smallest absolute Gasteiger partial charge is 0.303 e. The predicted octanol–water partition coefficient (Wildman–Crippen LogP) is 1.05. The van der Waals surface area contributed by atoms with Crippen LogP contribution in [0, 0.1) is 6.92 Å². The molecule has 0 aliphatic carbocycles. The molecule has 0 radical (unpaired) electrons. The Labute approximate surface area is 86.4 Å². The third-order valence-corrected chi connectivity index (χ3v) is 2.13. The van der Waals surface area contributed by atoms with Crippen LogP contribution in [0.15, 0.2) is 18.6 Å². The lowest BCUT2D eigenvalue weighted by Gasteiger charge is -1.91. The number of aryl methyl sites for hydroxylation is 2. The molecule has 0 amide bonds. The van der Waals surface area contributed by atoms with Crippen molar-refractivity contribution < 1.29 is 9.90 Å². The Morgan fingerprint density at radius 3 is 3.13 bits per heavy atom.